The number of methoxy groups -OCH3 is 1. The van der Waals surface area contributed by atoms with E-state index in [1.54, 1.807) is 7.11 Å². The Morgan fingerprint density at radius 1 is 1.32 bits per heavy atom. The zero-order valence-electron chi connectivity index (χ0n) is 11.9. The minimum Gasteiger partial charge on any atom is -0.497 e. The molecule has 0 saturated heterocycles. The second kappa shape index (κ2) is 5.05. The van der Waals surface area contributed by atoms with Crippen molar-refractivity contribution in [1.29, 1.82) is 0 Å². The summed E-state index contributed by atoms with van der Waals surface area (Å²) in [4.78, 5) is 7.95. The number of H-pyrrole nitrogens is 1. The van der Waals surface area contributed by atoms with E-state index in [1.165, 1.54) is 0 Å². The van der Waals surface area contributed by atoms with Crippen LogP contribution in [0.1, 0.15) is 31.8 Å². The fourth-order valence-corrected chi connectivity index (χ4v) is 1.93. The molecular formula is C15H21N3O. The Morgan fingerprint density at radius 2 is 1.95 bits per heavy atom. The van der Waals surface area contributed by atoms with E-state index in [1.807, 2.05) is 38.1 Å². The Balaban J connectivity index is 2.40. The molecule has 0 radical (unpaired) electrons. The maximum atomic E-state index is 6.23. The van der Waals surface area contributed by atoms with Crippen LogP contribution < -0.4 is 10.5 Å². The Bertz CT molecular complexity index is 555. The molecular weight excluding hydrogens is 238 g/mol. The maximum Gasteiger partial charge on any atom is 0.126 e. The number of hydrogen-bond acceptors (Lipinski definition) is 3. The van der Waals surface area contributed by atoms with Gasteiger partial charge in [0, 0.05) is 11.3 Å². The fraction of sp³-hybridized carbons (Fsp3) is 0.400. The van der Waals surface area contributed by atoms with E-state index in [0.717, 1.165) is 34.9 Å². The lowest BCUT2D eigenvalue weighted by atomic mass is 10.00. The van der Waals surface area contributed by atoms with E-state index >= 15 is 0 Å². The molecule has 1 unspecified atom stereocenters. The number of ether oxygens (including phenoxy) is 1. The smallest absolute Gasteiger partial charge is 0.126 e. The van der Waals surface area contributed by atoms with Crippen LogP contribution in [0, 0.1) is 6.92 Å². The summed E-state index contributed by atoms with van der Waals surface area (Å²) in [5.74, 6) is 1.67. The first-order valence-corrected chi connectivity index (χ1v) is 6.48. The highest BCUT2D eigenvalue weighted by Gasteiger charge is 2.24. The van der Waals surface area contributed by atoms with Gasteiger partial charge in [0.2, 0.25) is 0 Å². The molecule has 4 heteroatoms. The van der Waals surface area contributed by atoms with Crippen LogP contribution in [0.25, 0.3) is 11.3 Å². The van der Waals surface area contributed by atoms with Gasteiger partial charge < -0.3 is 15.5 Å². The quantitative estimate of drug-likeness (QED) is 0.887. The summed E-state index contributed by atoms with van der Waals surface area (Å²) in [5.41, 5.74) is 8.85. The van der Waals surface area contributed by atoms with Crippen LogP contribution in [0.2, 0.25) is 0 Å². The van der Waals surface area contributed by atoms with Crippen LogP contribution >= 0.6 is 0 Å². The van der Waals surface area contributed by atoms with Crippen LogP contribution in [0.4, 0.5) is 0 Å². The molecule has 1 heterocycles. The van der Waals surface area contributed by atoms with Crippen molar-refractivity contribution in [1.82, 2.24) is 9.97 Å². The lowest BCUT2D eigenvalue weighted by molar-refractivity contribution is 0.415. The number of imidazole rings is 1. The number of rotatable bonds is 4. The molecule has 102 valence electrons. The van der Waals surface area contributed by atoms with E-state index in [0.29, 0.717) is 0 Å². The predicted octanol–water partition coefficient (Wildman–Crippen LogP) is 2.98. The van der Waals surface area contributed by atoms with E-state index in [9.17, 15) is 0 Å². The molecule has 0 aliphatic rings. The number of nitrogens with two attached hydrogens (primary N) is 1. The summed E-state index contributed by atoms with van der Waals surface area (Å²) in [7, 11) is 1.66. The van der Waals surface area contributed by atoms with Crippen molar-refractivity contribution < 1.29 is 4.74 Å². The molecule has 0 amide bonds. The number of aromatic nitrogens is 2. The standard InChI is InChI=1S/C15H21N3O/c1-5-15(3,16)14-17-10(2)13(18-14)11-6-8-12(19-4)9-7-11/h6-9H,5,16H2,1-4H3,(H,17,18). The Kier molecular flexibility index (Phi) is 3.62. The predicted molar refractivity (Wildman–Crippen MR) is 77.1 cm³/mol. The summed E-state index contributed by atoms with van der Waals surface area (Å²) >= 11 is 0. The third-order valence-electron chi connectivity index (χ3n) is 3.52. The molecule has 1 aromatic heterocycles. The van der Waals surface area contributed by atoms with E-state index < -0.39 is 5.54 Å². The lowest BCUT2D eigenvalue weighted by Gasteiger charge is -2.19. The number of benzene rings is 1. The Morgan fingerprint density at radius 3 is 2.47 bits per heavy atom. The number of nitrogens with zero attached hydrogens (tertiary/aromatic N) is 1. The summed E-state index contributed by atoms with van der Waals surface area (Å²) in [6.45, 7) is 6.07. The van der Waals surface area contributed by atoms with Crippen molar-refractivity contribution >= 4 is 0 Å². The molecule has 4 nitrogen and oxygen atoms in total. The number of nitrogens with one attached hydrogen (secondary N) is 1. The van der Waals surface area contributed by atoms with Gasteiger partial charge >= 0.3 is 0 Å². The van der Waals surface area contributed by atoms with E-state index in [2.05, 4.69) is 16.9 Å². The molecule has 0 saturated carbocycles. The zero-order valence-corrected chi connectivity index (χ0v) is 11.9. The van der Waals surface area contributed by atoms with Crippen molar-refractivity contribution in [3.05, 3.63) is 35.8 Å². The van der Waals surface area contributed by atoms with Crippen molar-refractivity contribution in [2.75, 3.05) is 7.11 Å². The minimum atomic E-state index is -0.421. The van der Waals surface area contributed by atoms with Crippen LogP contribution in [-0.4, -0.2) is 17.1 Å². The average molecular weight is 259 g/mol. The van der Waals surface area contributed by atoms with E-state index in [4.69, 9.17) is 10.5 Å². The second-order valence-electron chi connectivity index (χ2n) is 5.06. The highest BCUT2D eigenvalue weighted by molar-refractivity contribution is 5.63. The average Bonchev–Trinajstić information content (AvgIpc) is 2.82. The Labute approximate surface area is 114 Å². The summed E-state index contributed by atoms with van der Waals surface area (Å²) in [5, 5.41) is 0. The van der Waals surface area contributed by atoms with Gasteiger partial charge in [-0.1, -0.05) is 6.92 Å². The third-order valence-corrected chi connectivity index (χ3v) is 3.52. The minimum absolute atomic E-state index is 0.421. The fourth-order valence-electron chi connectivity index (χ4n) is 1.93. The maximum absolute atomic E-state index is 6.23. The van der Waals surface area contributed by atoms with Gasteiger partial charge in [-0.25, -0.2) is 4.98 Å². The van der Waals surface area contributed by atoms with Gasteiger partial charge in [0.25, 0.3) is 0 Å². The van der Waals surface area contributed by atoms with Gasteiger partial charge in [0.05, 0.1) is 18.3 Å². The largest absolute Gasteiger partial charge is 0.497 e. The monoisotopic (exact) mass is 259 g/mol. The first-order chi connectivity index (χ1) is 8.97. The number of hydrogen-bond donors (Lipinski definition) is 2. The molecule has 3 N–H and O–H groups in total. The van der Waals surface area contributed by atoms with Gasteiger partial charge in [0.1, 0.15) is 11.6 Å². The molecule has 1 aromatic carbocycles. The van der Waals surface area contributed by atoms with Crippen LogP contribution in [0.5, 0.6) is 5.75 Å². The highest BCUT2D eigenvalue weighted by Crippen LogP contribution is 2.27. The van der Waals surface area contributed by atoms with Crippen LogP contribution in [0.15, 0.2) is 24.3 Å². The van der Waals surface area contributed by atoms with Gasteiger partial charge in [-0.05, 0) is 44.5 Å². The molecule has 0 fully saturated rings. The molecule has 0 aliphatic heterocycles. The lowest BCUT2D eigenvalue weighted by Crippen LogP contribution is -2.33. The topological polar surface area (TPSA) is 63.9 Å². The molecule has 0 spiro atoms. The SMILES string of the molecule is CCC(C)(N)c1nc(-c2ccc(OC)cc2)c(C)[nH]1. The number of aromatic amines is 1. The number of aryl methyl sites for hydroxylation is 1. The van der Waals surface area contributed by atoms with Crippen molar-refractivity contribution in [3.63, 3.8) is 0 Å². The molecule has 19 heavy (non-hydrogen) atoms. The van der Waals surface area contributed by atoms with Gasteiger partial charge in [0.15, 0.2) is 0 Å². The van der Waals surface area contributed by atoms with Crippen LogP contribution in [-0.2, 0) is 5.54 Å². The zero-order chi connectivity index (χ0) is 14.0. The van der Waals surface area contributed by atoms with Crippen molar-refractivity contribution in [2.45, 2.75) is 32.7 Å². The first-order valence-electron chi connectivity index (χ1n) is 6.48. The van der Waals surface area contributed by atoms with Crippen molar-refractivity contribution in [2.24, 2.45) is 5.73 Å². The van der Waals surface area contributed by atoms with Gasteiger partial charge in [-0.2, -0.15) is 0 Å². The first kappa shape index (κ1) is 13.6. The van der Waals surface area contributed by atoms with Crippen LogP contribution in [0.3, 0.4) is 0 Å². The molecule has 0 aliphatic carbocycles. The molecule has 0 bridgehead atoms. The highest BCUT2D eigenvalue weighted by atomic mass is 16.5. The summed E-state index contributed by atoms with van der Waals surface area (Å²) in [6, 6.07) is 7.88. The molecule has 1 atom stereocenters. The second-order valence-corrected chi connectivity index (χ2v) is 5.06. The van der Waals surface area contributed by atoms with E-state index in [-0.39, 0.29) is 0 Å². The van der Waals surface area contributed by atoms with Gasteiger partial charge in [-0.3, -0.25) is 0 Å². The summed E-state index contributed by atoms with van der Waals surface area (Å²) < 4.78 is 5.16. The van der Waals surface area contributed by atoms with Crippen molar-refractivity contribution in [3.8, 4) is 17.0 Å². The normalized spacial score (nSPS) is 14.2. The van der Waals surface area contributed by atoms with Gasteiger partial charge in [-0.15, -0.1) is 0 Å². The summed E-state index contributed by atoms with van der Waals surface area (Å²) in [6.07, 6.45) is 0.835. The third kappa shape index (κ3) is 2.63. The molecule has 2 rings (SSSR count). The Hall–Kier alpha value is -1.81. The molecule has 2 aromatic rings.